The SMILES string of the molecule is C(/C=N/N1CCOCC1)=N\N1CCOCC1. The molecule has 16 heavy (non-hydrogen) atoms. The third kappa shape index (κ3) is 3.79. The minimum absolute atomic E-state index is 0.762. The van der Waals surface area contributed by atoms with Crippen LogP contribution < -0.4 is 0 Å². The van der Waals surface area contributed by atoms with Gasteiger partial charge in [0, 0.05) is 0 Å². The van der Waals surface area contributed by atoms with E-state index in [9.17, 15) is 0 Å². The monoisotopic (exact) mass is 226 g/mol. The summed E-state index contributed by atoms with van der Waals surface area (Å²) in [6, 6.07) is 0. The van der Waals surface area contributed by atoms with Crippen LogP contribution in [-0.2, 0) is 9.47 Å². The Kier molecular flexibility index (Phi) is 4.57. The summed E-state index contributed by atoms with van der Waals surface area (Å²) < 4.78 is 10.5. The number of hydrazone groups is 2. The van der Waals surface area contributed by atoms with Gasteiger partial charge in [-0.2, -0.15) is 10.2 Å². The second kappa shape index (κ2) is 6.44. The average molecular weight is 226 g/mol. The van der Waals surface area contributed by atoms with Crippen LogP contribution in [0.1, 0.15) is 0 Å². The molecule has 0 N–H and O–H groups in total. The van der Waals surface area contributed by atoms with E-state index in [0.29, 0.717) is 0 Å². The molecular weight excluding hydrogens is 208 g/mol. The van der Waals surface area contributed by atoms with Crippen molar-refractivity contribution in [1.29, 1.82) is 0 Å². The van der Waals surface area contributed by atoms with Crippen molar-refractivity contribution in [3.8, 4) is 0 Å². The van der Waals surface area contributed by atoms with Crippen LogP contribution in [0.4, 0.5) is 0 Å². The van der Waals surface area contributed by atoms with Crippen molar-refractivity contribution in [2.45, 2.75) is 0 Å². The largest absolute Gasteiger partial charge is 0.378 e. The van der Waals surface area contributed by atoms with E-state index in [1.165, 1.54) is 0 Å². The molecule has 90 valence electrons. The lowest BCUT2D eigenvalue weighted by atomic mass is 10.5. The number of rotatable bonds is 3. The van der Waals surface area contributed by atoms with Crippen LogP contribution >= 0.6 is 0 Å². The van der Waals surface area contributed by atoms with Gasteiger partial charge in [-0.3, -0.25) is 10.0 Å². The fourth-order valence-corrected chi connectivity index (χ4v) is 1.59. The molecule has 6 nitrogen and oxygen atoms in total. The Morgan fingerprint density at radius 1 is 0.688 bits per heavy atom. The maximum atomic E-state index is 5.23. The van der Waals surface area contributed by atoms with Crippen molar-refractivity contribution in [2.75, 3.05) is 52.6 Å². The molecule has 0 amide bonds. The molecule has 0 aromatic heterocycles. The molecule has 2 fully saturated rings. The lowest BCUT2D eigenvalue weighted by Crippen LogP contribution is -2.33. The Balaban J connectivity index is 1.68. The molecule has 2 aliphatic heterocycles. The highest BCUT2D eigenvalue weighted by Crippen LogP contribution is 1.97. The lowest BCUT2D eigenvalue weighted by Gasteiger charge is -2.24. The van der Waals surface area contributed by atoms with E-state index in [1.807, 2.05) is 10.0 Å². The van der Waals surface area contributed by atoms with E-state index in [-0.39, 0.29) is 0 Å². The molecule has 0 aromatic rings. The maximum absolute atomic E-state index is 5.23. The van der Waals surface area contributed by atoms with Crippen LogP contribution in [0, 0.1) is 0 Å². The lowest BCUT2D eigenvalue weighted by molar-refractivity contribution is 0.0390. The van der Waals surface area contributed by atoms with Gasteiger partial charge in [0.05, 0.1) is 65.0 Å². The van der Waals surface area contributed by atoms with Gasteiger partial charge < -0.3 is 9.47 Å². The molecule has 0 unspecified atom stereocenters. The quantitative estimate of drug-likeness (QED) is 0.616. The van der Waals surface area contributed by atoms with Crippen LogP contribution in [0.2, 0.25) is 0 Å². The smallest absolute Gasteiger partial charge is 0.0671 e. The highest BCUT2D eigenvalue weighted by molar-refractivity contribution is 6.15. The Hall–Kier alpha value is -1.14. The van der Waals surface area contributed by atoms with Crippen molar-refractivity contribution >= 4 is 12.4 Å². The minimum atomic E-state index is 0.762. The van der Waals surface area contributed by atoms with Gasteiger partial charge in [-0.1, -0.05) is 0 Å². The molecule has 2 aliphatic rings. The summed E-state index contributed by atoms with van der Waals surface area (Å²) in [5.74, 6) is 0. The second-order valence-electron chi connectivity index (χ2n) is 3.66. The van der Waals surface area contributed by atoms with Crippen LogP contribution in [0.3, 0.4) is 0 Å². The predicted octanol–water partition coefficient (Wildman–Crippen LogP) is -0.378. The zero-order valence-electron chi connectivity index (χ0n) is 9.42. The molecule has 2 rings (SSSR count). The first-order valence-corrected chi connectivity index (χ1v) is 5.67. The summed E-state index contributed by atoms with van der Waals surface area (Å²) in [7, 11) is 0. The molecule has 0 aromatic carbocycles. The van der Waals surface area contributed by atoms with Crippen molar-refractivity contribution < 1.29 is 9.47 Å². The molecule has 0 atom stereocenters. The van der Waals surface area contributed by atoms with E-state index in [0.717, 1.165) is 52.6 Å². The summed E-state index contributed by atoms with van der Waals surface area (Å²) in [6.07, 6.45) is 3.47. The van der Waals surface area contributed by atoms with Crippen LogP contribution in [0.25, 0.3) is 0 Å². The standard InChI is InChI=1S/C10H18N4O2/c1(11-13-3-7-15-8-4-13)2-12-14-5-9-16-10-6-14/h1-2H,3-10H2/b11-1+,12-2+. The fraction of sp³-hybridized carbons (Fsp3) is 0.800. The molecule has 6 heteroatoms. The normalized spacial score (nSPS) is 23.5. The Morgan fingerprint density at radius 2 is 1.06 bits per heavy atom. The average Bonchev–Trinajstić information content (AvgIpc) is 2.37. The number of morpholine rings is 2. The second-order valence-corrected chi connectivity index (χ2v) is 3.66. The zero-order chi connectivity index (χ0) is 11.1. The Morgan fingerprint density at radius 3 is 1.44 bits per heavy atom. The van der Waals surface area contributed by atoms with Gasteiger partial charge in [-0.25, -0.2) is 0 Å². The molecule has 0 spiro atoms. The summed E-state index contributed by atoms with van der Waals surface area (Å²) in [4.78, 5) is 0. The topological polar surface area (TPSA) is 49.7 Å². The highest BCUT2D eigenvalue weighted by atomic mass is 16.5. The third-order valence-electron chi connectivity index (χ3n) is 2.50. The van der Waals surface area contributed by atoms with Crippen LogP contribution in [0.5, 0.6) is 0 Å². The highest BCUT2D eigenvalue weighted by Gasteiger charge is 2.06. The maximum Gasteiger partial charge on any atom is 0.0671 e. The Bertz CT molecular complexity index is 219. The van der Waals surface area contributed by atoms with E-state index < -0.39 is 0 Å². The van der Waals surface area contributed by atoms with Gasteiger partial charge in [-0.05, 0) is 0 Å². The van der Waals surface area contributed by atoms with Crippen molar-refractivity contribution in [3.63, 3.8) is 0 Å². The van der Waals surface area contributed by atoms with Crippen LogP contribution in [-0.4, -0.2) is 75.1 Å². The molecular formula is C10H18N4O2. The van der Waals surface area contributed by atoms with E-state index in [2.05, 4.69) is 10.2 Å². The molecule has 0 saturated carbocycles. The van der Waals surface area contributed by atoms with Gasteiger partial charge >= 0.3 is 0 Å². The van der Waals surface area contributed by atoms with Crippen molar-refractivity contribution in [1.82, 2.24) is 10.0 Å². The minimum Gasteiger partial charge on any atom is -0.378 e. The van der Waals surface area contributed by atoms with E-state index in [4.69, 9.17) is 9.47 Å². The number of nitrogens with zero attached hydrogens (tertiary/aromatic N) is 4. The first kappa shape index (κ1) is 11.3. The predicted molar refractivity (Wildman–Crippen MR) is 61.8 cm³/mol. The van der Waals surface area contributed by atoms with Crippen molar-refractivity contribution in [2.24, 2.45) is 10.2 Å². The van der Waals surface area contributed by atoms with Crippen molar-refractivity contribution in [3.05, 3.63) is 0 Å². The van der Waals surface area contributed by atoms with Gasteiger partial charge in [0.2, 0.25) is 0 Å². The fourth-order valence-electron chi connectivity index (χ4n) is 1.59. The first-order chi connectivity index (χ1) is 7.95. The summed E-state index contributed by atoms with van der Waals surface area (Å²) in [5.41, 5.74) is 0. The van der Waals surface area contributed by atoms with E-state index in [1.54, 1.807) is 12.4 Å². The molecule has 0 aliphatic carbocycles. The van der Waals surface area contributed by atoms with Gasteiger partial charge in [-0.15, -0.1) is 0 Å². The first-order valence-electron chi connectivity index (χ1n) is 5.67. The van der Waals surface area contributed by atoms with Gasteiger partial charge in [0.1, 0.15) is 0 Å². The molecule has 2 heterocycles. The number of hydrogen-bond donors (Lipinski definition) is 0. The number of ether oxygens (including phenoxy) is 2. The molecule has 0 radical (unpaired) electrons. The third-order valence-corrected chi connectivity index (χ3v) is 2.50. The summed E-state index contributed by atoms with van der Waals surface area (Å²) in [5, 5.41) is 12.6. The molecule has 2 saturated heterocycles. The van der Waals surface area contributed by atoms with E-state index >= 15 is 0 Å². The number of hydrogen-bond acceptors (Lipinski definition) is 6. The molecule has 0 bridgehead atoms. The van der Waals surface area contributed by atoms with Crippen LogP contribution in [0.15, 0.2) is 10.2 Å². The van der Waals surface area contributed by atoms with Gasteiger partial charge in [0.25, 0.3) is 0 Å². The van der Waals surface area contributed by atoms with Gasteiger partial charge in [0.15, 0.2) is 0 Å². The zero-order valence-corrected chi connectivity index (χ0v) is 9.42. The summed E-state index contributed by atoms with van der Waals surface area (Å²) >= 11 is 0. The Labute approximate surface area is 95.5 Å². The summed E-state index contributed by atoms with van der Waals surface area (Å²) in [6.45, 7) is 6.50.